The van der Waals surface area contributed by atoms with E-state index in [1.807, 2.05) is 18.3 Å². The van der Waals surface area contributed by atoms with E-state index in [1.165, 1.54) is 18.2 Å². The minimum absolute atomic E-state index is 0.170. The summed E-state index contributed by atoms with van der Waals surface area (Å²) in [6.07, 6.45) is 11.4. The van der Waals surface area contributed by atoms with Crippen LogP contribution < -0.4 is 15.4 Å². The Hall–Kier alpha value is -4.09. The summed E-state index contributed by atoms with van der Waals surface area (Å²) >= 11 is 0. The second-order valence-corrected chi connectivity index (χ2v) is 9.09. The number of methoxy groups -OCH3 is 2. The van der Waals surface area contributed by atoms with Crippen LogP contribution in [0.2, 0.25) is 0 Å². The molecule has 2 atom stereocenters. The summed E-state index contributed by atoms with van der Waals surface area (Å²) in [5.41, 5.74) is 9.69. The van der Waals surface area contributed by atoms with Crippen LogP contribution in [0.1, 0.15) is 17.7 Å². The molecule has 11 nitrogen and oxygen atoms in total. The molecule has 3 fully saturated rings. The molecule has 11 heteroatoms. The first-order chi connectivity index (χ1) is 18.1. The molecule has 2 unspecified atom stereocenters. The zero-order chi connectivity index (χ0) is 25.9. The maximum Gasteiger partial charge on any atom is 0.212 e. The number of nitrogens with one attached hydrogen (secondary N) is 1. The van der Waals surface area contributed by atoms with Gasteiger partial charge in [-0.05, 0) is 18.1 Å². The number of nitrogens with two attached hydrogens (primary N) is 1. The number of aromatic nitrogens is 3. The number of nitrogens with zero attached hydrogens (tertiary/aromatic N) is 7. The standard InChI is InChI=1S/C26H31N9O2/c1-29-35-16-21(36-2)7-22(26(35)18(8-27)9-28)23-11-31-24(12-30-23)33-14-19-6-20(15-33)34(19)13-17-4-5-25(37-3)32-10-17/h4-5,7-8,10-12,16,19-20,27H,1,6,9,13-15,28H2,2-3H3/b26-18-,27-8?. The van der Waals surface area contributed by atoms with E-state index in [0.29, 0.717) is 40.7 Å². The molecule has 3 saturated heterocycles. The molecule has 6 rings (SSSR count). The van der Waals surface area contributed by atoms with Crippen LogP contribution >= 0.6 is 0 Å². The second-order valence-electron chi connectivity index (χ2n) is 9.09. The fraction of sp³-hybridized carbons (Fsp3) is 0.346. The van der Waals surface area contributed by atoms with Crippen LogP contribution in [-0.4, -0.2) is 83.7 Å². The quantitative estimate of drug-likeness (QED) is 0.496. The molecule has 0 amide bonds. The first kappa shape index (κ1) is 24.6. The summed E-state index contributed by atoms with van der Waals surface area (Å²) in [6, 6.07) is 4.93. The van der Waals surface area contributed by atoms with Crippen LogP contribution in [0.4, 0.5) is 5.82 Å². The van der Waals surface area contributed by atoms with Crippen LogP contribution in [0.25, 0.3) is 5.57 Å². The van der Waals surface area contributed by atoms with E-state index in [2.05, 4.69) is 32.7 Å². The Morgan fingerprint density at radius 1 is 1.16 bits per heavy atom. The van der Waals surface area contributed by atoms with Crippen molar-refractivity contribution in [2.45, 2.75) is 25.0 Å². The van der Waals surface area contributed by atoms with Gasteiger partial charge in [0.05, 0.1) is 44.2 Å². The molecule has 192 valence electrons. The van der Waals surface area contributed by atoms with Crippen LogP contribution in [-0.2, 0) is 11.3 Å². The van der Waals surface area contributed by atoms with E-state index < -0.39 is 0 Å². The molecule has 0 radical (unpaired) electrons. The maximum absolute atomic E-state index is 7.82. The summed E-state index contributed by atoms with van der Waals surface area (Å²) < 4.78 is 10.6. The number of hydrogen-bond acceptors (Lipinski definition) is 11. The number of hydrogen-bond donors (Lipinski definition) is 2. The normalized spacial score (nSPS) is 22.5. The maximum atomic E-state index is 7.82. The smallest absolute Gasteiger partial charge is 0.212 e. The number of fused-ring (bicyclic) bond motifs is 2. The minimum atomic E-state index is 0.170. The number of ether oxygens (including phenoxy) is 2. The highest BCUT2D eigenvalue weighted by Crippen LogP contribution is 2.36. The van der Waals surface area contributed by atoms with Gasteiger partial charge in [0, 0.05) is 74.6 Å². The molecular formula is C26H31N9O2. The van der Waals surface area contributed by atoms with E-state index in [9.17, 15) is 0 Å². The van der Waals surface area contributed by atoms with Gasteiger partial charge in [-0.3, -0.25) is 9.88 Å². The third-order valence-electron chi connectivity index (χ3n) is 7.06. The van der Waals surface area contributed by atoms with E-state index in [4.69, 9.17) is 30.6 Å². The monoisotopic (exact) mass is 501 g/mol. The molecule has 3 N–H and O–H groups in total. The van der Waals surface area contributed by atoms with Gasteiger partial charge in [-0.1, -0.05) is 6.07 Å². The molecular weight excluding hydrogens is 470 g/mol. The Balaban J connectivity index is 1.31. The highest BCUT2D eigenvalue weighted by Gasteiger charge is 2.44. The van der Waals surface area contributed by atoms with Crippen molar-refractivity contribution in [1.29, 1.82) is 5.41 Å². The van der Waals surface area contributed by atoms with Crippen molar-refractivity contribution in [3.8, 4) is 5.88 Å². The molecule has 2 aromatic heterocycles. The predicted molar refractivity (Wildman–Crippen MR) is 142 cm³/mol. The fourth-order valence-corrected chi connectivity index (χ4v) is 5.11. The zero-order valence-corrected chi connectivity index (χ0v) is 21.0. The summed E-state index contributed by atoms with van der Waals surface area (Å²) in [7, 11) is 3.21. The molecule has 2 bridgehead atoms. The molecule has 4 aliphatic heterocycles. The lowest BCUT2D eigenvalue weighted by Gasteiger charge is -2.56. The predicted octanol–water partition coefficient (Wildman–Crippen LogP) is 2.01. The summed E-state index contributed by atoms with van der Waals surface area (Å²) in [5, 5.41) is 13.4. The average Bonchev–Trinajstić information content (AvgIpc) is 2.96. The van der Waals surface area contributed by atoms with Gasteiger partial charge in [0.25, 0.3) is 0 Å². The Kier molecular flexibility index (Phi) is 6.97. The number of pyridine rings is 1. The zero-order valence-electron chi connectivity index (χ0n) is 21.0. The number of hydrazone groups is 1. The minimum Gasteiger partial charge on any atom is -0.495 e. The number of anilines is 1. The largest absolute Gasteiger partial charge is 0.495 e. The summed E-state index contributed by atoms with van der Waals surface area (Å²) in [4.78, 5) is 18.6. The Labute approximate surface area is 216 Å². The molecule has 0 spiro atoms. The van der Waals surface area contributed by atoms with Crippen LogP contribution in [0.3, 0.4) is 0 Å². The van der Waals surface area contributed by atoms with Crippen molar-refractivity contribution in [1.82, 2.24) is 24.9 Å². The highest BCUT2D eigenvalue weighted by atomic mass is 16.5. The van der Waals surface area contributed by atoms with Crippen LogP contribution in [0.5, 0.6) is 5.88 Å². The van der Waals surface area contributed by atoms with E-state index in [0.717, 1.165) is 31.0 Å². The van der Waals surface area contributed by atoms with Crippen LogP contribution in [0.15, 0.2) is 65.1 Å². The van der Waals surface area contributed by atoms with Gasteiger partial charge in [-0.15, -0.1) is 0 Å². The van der Waals surface area contributed by atoms with Gasteiger partial charge in [0.15, 0.2) is 0 Å². The number of piperazine rings is 1. The average molecular weight is 502 g/mol. The lowest BCUT2D eigenvalue weighted by molar-refractivity contribution is -0.00879. The van der Waals surface area contributed by atoms with Crippen molar-refractivity contribution < 1.29 is 9.47 Å². The van der Waals surface area contributed by atoms with Crippen molar-refractivity contribution in [2.75, 3.05) is 38.8 Å². The molecule has 6 heterocycles. The van der Waals surface area contributed by atoms with Crippen molar-refractivity contribution >= 4 is 24.3 Å². The Bertz CT molecular complexity index is 1240. The molecule has 4 aliphatic rings. The number of piperidine rings is 1. The molecule has 0 aromatic carbocycles. The van der Waals surface area contributed by atoms with E-state index in [1.54, 1.807) is 37.8 Å². The summed E-state index contributed by atoms with van der Waals surface area (Å²) in [5.74, 6) is 2.06. The van der Waals surface area contributed by atoms with Gasteiger partial charge < -0.3 is 25.5 Å². The lowest BCUT2D eigenvalue weighted by Crippen LogP contribution is -2.68. The van der Waals surface area contributed by atoms with Gasteiger partial charge in [0.2, 0.25) is 5.88 Å². The fourth-order valence-electron chi connectivity index (χ4n) is 5.11. The SMILES string of the molecule is C=NN1C=C(OC)C=C(c2cnc(N3CC4CC(C3)N4Cc3ccc(OC)nc3)cn2)/C1=C(\C=N)CN. The Morgan fingerprint density at radius 3 is 2.54 bits per heavy atom. The van der Waals surface area contributed by atoms with Crippen LogP contribution in [0, 0.1) is 5.41 Å². The van der Waals surface area contributed by atoms with Gasteiger partial charge in [0.1, 0.15) is 11.6 Å². The van der Waals surface area contributed by atoms with Crippen molar-refractivity contribution in [3.05, 3.63) is 71.3 Å². The Morgan fingerprint density at radius 2 is 1.97 bits per heavy atom. The topological polar surface area (TPSA) is 129 Å². The van der Waals surface area contributed by atoms with Gasteiger partial charge >= 0.3 is 0 Å². The van der Waals surface area contributed by atoms with Crippen molar-refractivity contribution in [2.24, 2.45) is 10.8 Å². The lowest BCUT2D eigenvalue weighted by atomic mass is 9.87. The van der Waals surface area contributed by atoms with E-state index in [-0.39, 0.29) is 6.54 Å². The molecule has 0 saturated carbocycles. The third-order valence-corrected chi connectivity index (χ3v) is 7.06. The molecule has 2 aromatic rings. The number of rotatable bonds is 9. The second kappa shape index (κ2) is 10.5. The summed E-state index contributed by atoms with van der Waals surface area (Å²) in [6.45, 7) is 6.51. The molecule has 0 aliphatic carbocycles. The van der Waals surface area contributed by atoms with E-state index >= 15 is 0 Å². The van der Waals surface area contributed by atoms with Gasteiger partial charge in [-0.25, -0.2) is 15.0 Å². The first-order valence-electron chi connectivity index (χ1n) is 12.1. The highest BCUT2D eigenvalue weighted by molar-refractivity contribution is 5.89. The first-order valence-corrected chi connectivity index (χ1v) is 12.1. The van der Waals surface area contributed by atoms with Gasteiger partial charge in [-0.2, -0.15) is 5.10 Å². The van der Waals surface area contributed by atoms with Crippen molar-refractivity contribution in [3.63, 3.8) is 0 Å². The third kappa shape index (κ3) is 4.70. The molecule has 37 heavy (non-hydrogen) atoms. The number of allylic oxidation sites excluding steroid dienone is 2.